The molecule has 2 fully saturated rings. The molecule has 8 nitrogen and oxygen atoms in total. The molecule has 1 aliphatic heterocycles. The van der Waals surface area contributed by atoms with Gasteiger partial charge in [-0.2, -0.15) is 0 Å². The number of carbonyl (C=O) groups excluding carboxylic acids is 1. The summed E-state index contributed by atoms with van der Waals surface area (Å²) in [6.07, 6.45) is 2.19. The summed E-state index contributed by atoms with van der Waals surface area (Å²) in [6.45, 7) is 2.18. The first-order valence-corrected chi connectivity index (χ1v) is 10.8. The fourth-order valence-electron chi connectivity index (χ4n) is 3.46. The third-order valence-electron chi connectivity index (χ3n) is 5.93. The minimum absolute atomic E-state index is 0.00934. The number of aromatic nitrogens is 1. The van der Waals surface area contributed by atoms with Crippen molar-refractivity contribution in [1.29, 1.82) is 0 Å². The number of hydrogen-bond donors (Lipinski definition) is 2. The van der Waals surface area contributed by atoms with Gasteiger partial charge in [-0.05, 0) is 50.2 Å². The van der Waals surface area contributed by atoms with E-state index in [2.05, 4.69) is 10.3 Å². The third kappa shape index (κ3) is 5.64. The number of rotatable bonds is 13. The SMILES string of the molecule is [2H]C([2H])(F)CCOC1CN(c2ccc(C(=O)NC(CC)(CC)C(=O)O)nc2OCC2CC2)C1. The maximum atomic E-state index is 13.0. The Bertz CT molecular complexity index is 853. The number of aliphatic carboxylic acids is 1. The Balaban J connectivity index is 1.68. The van der Waals surface area contributed by atoms with Crippen molar-refractivity contribution in [3.05, 3.63) is 17.8 Å². The number of pyridine rings is 1. The second kappa shape index (κ2) is 10.3. The summed E-state index contributed by atoms with van der Waals surface area (Å²) in [5.41, 5.74) is -0.581. The highest BCUT2D eigenvalue weighted by Crippen LogP contribution is 2.34. The van der Waals surface area contributed by atoms with Gasteiger partial charge >= 0.3 is 5.97 Å². The largest absolute Gasteiger partial charge is 0.480 e. The van der Waals surface area contributed by atoms with Gasteiger partial charge in [-0.15, -0.1) is 0 Å². The average Bonchev–Trinajstić information content (AvgIpc) is 3.55. The van der Waals surface area contributed by atoms with Gasteiger partial charge in [-0.25, -0.2) is 9.78 Å². The fourth-order valence-corrected chi connectivity index (χ4v) is 3.46. The highest BCUT2D eigenvalue weighted by molar-refractivity contribution is 5.96. The number of nitrogens with one attached hydrogen (secondary N) is 1. The number of hydrogen-bond acceptors (Lipinski definition) is 6. The molecule has 2 heterocycles. The molecule has 2 N–H and O–H groups in total. The number of carbonyl (C=O) groups is 2. The van der Waals surface area contributed by atoms with Crippen molar-refractivity contribution in [3.63, 3.8) is 0 Å². The predicted octanol–water partition coefficient (Wildman–Crippen LogP) is 2.81. The van der Waals surface area contributed by atoms with E-state index in [0.717, 1.165) is 12.8 Å². The molecule has 3 rings (SSSR count). The molecule has 0 bridgehead atoms. The van der Waals surface area contributed by atoms with Crippen molar-refractivity contribution in [1.82, 2.24) is 10.3 Å². The van der Waals surface area contributed by atoms with Gasteiger partial charge in [0, 0.05) is 19.7 Å². The molecule has 0 spiro atoms. The molecule has 0 unspecified atom stereocenters. The van der Waals surface area contributed by atoms with Crippen LogP contribution in [0, 0.1) is 5.92 Å². The maximum absolute atomic E-state index is 13.0. The van der Waals surface area contributed by atoms with Gasteiger partial charge in [-0.3, -0.25) is 9.18 Å². The lowest BCUT2D eigenvalue weighted by Gasteiger charge is -2.41. The van der Waals surface area contributed by atoms with Gasteiger partial charge in [0.25, 0.3) is 5.91 Å². The molecule has 1 saturated heterocycles. The van der Waals surface area contributed by atoms with E-state index < -0.39 is 24.0 Å². The normalized spacial score (nSPS) is 18.1. The summed E-state index contributed by atoms with van der Waals surface area (Å²) in [6, 6.07) is 3.26. The van der Waals surface area contributed by atoms with Crippen LogP contribution in [0.4, 0.5) is 10.1 Å². The van der Waals surface area contributed by atoms with Crippen LogP contribution in [0.2, 0.25) is 0 Å². The number of carboxylic acids is 1. The van der Waals surface area contributed by atoms with Crippen molar-refractivity contribution < 1.29 is 31.3 Å². The van der Waals surface area contributed by atoms with Crippen LogP contribution in [0.25, 0.3) is 0 Å². The molecule has 1 saturated carbocycles. The molecule has 0 radical (unpaired) electrons. The van der Waals surface area contributed by atoms with E-state index in [0.29, 0.717) is 37.2 Å². The van der Waals surface area contributed by atoms with Crippen molar-refractivity contribution in [2.75, 3.05) is 37.8 Å². The first kappa shape index (κ1) is 20.5. The standard InChI is InChI=1S/C22H32FN3O5/c1-3-22(4-2,21(28)29)25-19(27)17-8-9-18(20(24-17)31-14-15-6-7-15)26-12-16(13-26)30-11-5-10-23/h8-9,15-16H,3-7,10-14H2,1-2H3,(H,25,27)(H,28,29)/i10D2. The molecule has 1 amide bonds. The summed E-state index contributed by atoms with van der Waals surface area (Å²) in [5.74, 6) is -0.883. The van der Waals surface area contributed by atoms with Crippen molar-refractivity contribution in [2.24, 2.45) is 5.92 Å². The first-order chi connectivity index (χ1) is 15.6. The Morgan fingerprint density at radius 3 is 2.65 bits per heavy atom. The first-order valence-electron chi connectivity index (χ1n) is 11.8. The summed E-state index contributed by atoms with van der Waals surface area (Å²) in [7, 11) is 0. The monoisotopic (exact) mass is 439 g/mol. The lowest BCUT2D eigenvalue weighted by atomic mass is 9.92. The summed E-state index contributed by atoms with van der Waals surface area (Å²) in [5, 5.41) is 12.2. The average molecular weight is 440 g/mol. The van der Waals surface area contributed by atoms with Crippen LogP contribution in [0.1, 0.15) is 59.2 Å². The van der Waals surface area contributed by atoms with Crippen molar-refractivity contribution in [2.45, 2.75) is 57.6 Å². The molecular formula is C22H32FN3O5. The number of alkyl halides is 1. The van der Waals surface area contributed by atoms with Gasteiger partial charge in [0.05, 0.1) is 22.1 Å². The highest BCUT2D eigenvalue weighted by Gasteiger charge is 2.37. The molecule has 2 aliphatic rings. The zero-order valence-electron chi connectivity index (χ0n) is 20.0. The molecule has 0 atom stereocenters. The van der Waals surface area contributed by atoms with Crippen LogP contribution in [0.15, 0.2) is 12.1 Å². The molecule has 1 aromatic rings. The lowest BCUT2D eigenvalue weighted by Crippen LogP contribution is -2.54. The second-order valence-electron chi connectivity index (χ2n) is 8.11. The molecule has 31 heavy (non-hydrogen) atoms. The highest BCUT2D eigenvalue weighted by atomic mass is 19.1. The van der Waals surface area contributed by atoms with Crippen LogP contribution in [-0.2, 0) is 9.53 Å². The van der Waals surface area contributed by atoms with Crippen LogP contribution in [-0.4, -0.2) is 66.5 Å². The van der Waals surface area contributed by atoms with Gasteiger partial charge < -0.3 is 24.8 Å². The Morgan fingerprint density at radius 2 is 2.06 bits per heavy atom. The summed E-state index contributed by atoms with van der Waals surface area (Å²) in [4.78, 5) is 30.9. The Hall–Kier alpha value is -2.42. The zero-order chi connectivity index (χ0) is 24.2. The van der Waals surface area contributed by atoms with E-state index in [1.54, 1.807) is 26.0 Å². The summed E-state index contributed by atoms with van der Waals surface area (Å²) >= 11 is 0. The fraction of sp³-hybridized carbons (Fsp3) is 0.682. The predicted molar refractivity (Wildman–Crippen MR) is 113 cm³/mol. The molecule has 1 aliphatic carbocycles. The quantitative estimate of drug-likeness (QED) is 0.487. The smallest absolute Gasteiger partial charge is 0.329 e. The number of ether oxygens (including phenoxy) is 2. The number of anilines is 1. The van der Waals surface area contributed by atoms with Gasteiger partial charge in [0.15, 0.2) is 0 Å². The van der Waals surface area contributed by atoms with E-state index in [9.17, 15) is 19.1 Å². The van der Waals surface area contributed by atoms with Crippen LogP contribution in [0.3, 0.4) is 0 Å². The minimum Gasteiger partial charge on any atom is -0.480 e. The number of halogens is 1. The summed E-state index contributed by atoms with van der Waals surface area (Å²) < 4.78 is 38.2. The Labute approximate surface area is 184 Å². The van der Waals surface area contributed by atoms with Crippen LogP contribution < -0.4 is 15.0 Å². The molecular weight excluding hydrogens is 405 g/mol. The van der Waals surface area contributed by atoms with E-state index in [1.807, 2.05) is 4.90 Å². The number of amides is 1. The molecule has 0 aromatic carbocycles. The Morgan fingerprint density at radius 1 is 1.35 bits per heavy atom. The van der Waals surface area contributed by atoms with E-state index in [-0.39, 0.29) is 37.7 Å². The van der Waals surface area contributed by atoms with E-state index >= 15 is 0 Å². The van der Waals surface area contributed by atoms with E-state index in [4.69, 9.17) is 12.2 Å². The third-order valence-corrected chi connectivity index (χ3v) is 5.93. The van der Waals surface area contributed by atoms with Gasteiger partial charge in [-0.1, -0.05) is 13.8 Å². The van der Waals surface area contributed by atoms with Crippen LogP contribution >= 0.6 is 0 Å². The van der Waals surface area contributed by atoms with Gasteiger partial charge in [0.2, 0.25) is 5.88 Å². The van der Waals surface area contributed by atoms with Crippen molar-refractivity contribution in [3.8, 4) is 5.88 Å². The van der Waals surface area contributed by atoms with Crippen LogP contribution in [0.5, 0.6) is 5.88 Å². The molecule has 172 valence electrons. The number of carboxylic acid groups (broad SMARTS) is 1. The van der Waals surface area contributed by atoms with E-state index in [1.165, 1.54) is 0 Å². The number of nitrogens with zero attached hydrogens (tertiary/aromatic N) is 2. The van der Waals surface area contributed by atoms with Crippen molar-refractivity contribution >= 4 is 17.6 Å². The molecule has 1 aromatic heterocycles. The molecule has 9 heteroatoms. The van der Waals surface area contributed by atoms with Gasteiger partial charge in [0.1, 0.15) is 16.9 Å². The minimum atomic E-state index is -2.75. The lowest BCUT2D eigenvalue weighted by molar-refractivity contribution is -0.144. The second-order valence-corrected chi connectivity index (χ2v) is 8.11. The zero-order valence-corrected chi connectivity index (χ0v) is 18.0. The topological polar surface area (TPSA) is 101 Å². The Kier molecular flexibility index (Phi) is 6.78. The maximum Gasteiger partial charge on any atom is 0.329 e.